The quantitative estimate of drug-likeness (QED) is 0.518. The van der Waals surface area contributed by atoms with Crippen LogP contribution in [-0.4, -0.2) is 56.7 Å². The lowest BCUT2D eigenvalue weighted by Gasteiger charge is -2.34. The van der Waals surface area contributed by atoms with Gasteiger partial charge < -0.3 is 35.0 Å². The van der Waals surface area contributed by atoms with Gasteiger partial charge in [0.05, 0.1) is 6.61 Å². The fraction of sp³-hybridized carbons (Fsp3) is 0.263. The van der Waals surface area contributed by atoms with Crippen LogP contribution >= 0.6 is 0 Å². The summed E-state index contributed by atoms with van der Waals surface area (Å²) < 4.78 is 10.7. The van der Waals surface area contributed by atoms with Gasteiger partial charge in [0, 0.05) is 6.07 Å². The fourth-order valence-electron chi connectivity index (χ4n) is 2.56. The number of hydrogen-bond acceptors (Lipinski definition) is 7. The van der Waals surface area contributed by atoms with Gasteiger partial charge in [-0.15, -0.1) is 0 Å². The first-order valence-corrected chi connectivity index (χ1v) is 8.06. The Hall–Kier alpha value is -2.58. The summed E-state index contributed by atoms with van der Waals surface area (Å²) in [5, 5.41) is 48.2. The van der Waals surface area contributed by atoms with Crippen molar-refractivity contribution in [2.45, 2.75) is 24.6 Å². The number of aromatic hydroxyl groups is 2. The molecular weight excluding hydrogens is 340 g/mol. The molecule has 2 aromatic rings. The largest absolute Gasteiger partial charge is 0.508 e. The van der Waals surface area contributed by atoms with Crippen LogP contribution in [0.25, 0.3) is 12.2 Å². The molecule has 0 radical (unpaired) electrons. The molecule has 5 N–H and O–H groups in total. The first-order valence-electron chi connectivity index (χ1n) is 8.06. The zero-order valence-corrected chi connectivity index (χ0v) is 13.8. The maximum Gasteiger partial charge on any atom is 0.228 e. The van der Waals surface area contributed by atoms with Crippen molar-refractivity contribution in [2.24, 2.45) is 0 Å². The van der Waals surface area contributed by atoms with E-state index in [1.54, 1.807) is 42.5 Å². The van der Waals surface area contributed by atoms with Crippen LogP contribution in [-0.2, 0) is 4.74 Å². The van der Waals surface area contributed by atoms with E-state index in [1.807, 2.05) is 0 Å². The van der Waals surface area contributed by atoms with Crippen molar-refractivity contribution >= 4 is 12.2 Å². The van der Waals surface area contributed by atoms with Gasteiger partial charge in [-0.1, -0.05) is 24.3 Å². The standard InChI is InChI=1S/C19H20O7/c20-13-5-3-11(4-6-13)1-2-12-7-14(21)9-15(8-12)26-19-18(24)17(23)16(22)10-25-19/h1-9,16-24H,10H2/b2-1+/t16-,17+,18-,19+/m1/s1. The van der Waals surface area contributed by atoms with Crippen LogP contribution in [0.4, 0.5) is 0 Å². The summed E-state index contributed by atoms with van der Waals surface area (Å²) in [5.74, 6) is 0.371. The summed E-state index contributed by atoms with van der Waals surface area (Å²) >= 11 is 0. The topological polar surface area (TPSA) is 120 Å². The minimum Gasteiger partial charge on any atom is -0.508 e. The molecule has 7 heteroatoms. The molecule has 1 fully saturated rings. The van der Waals surface area contributed by atoms with Gasteiger partial charge in [0.25, 0.3) is 0 Å². The van der Waals surface area contributed by atoms with Crippen molar-refractivity contribution < 1.29 is 35.0 Å². The molecule has 1 aliphatic heterocycles. The molecule has 1 saturated heterocycles. The average molecular weight is 360 g/mol. The first-order chi connectivity index (χ1) is 12.4. The van der Waals surface area contributed by atoms with Crippen LogP contribution in [0.5, 0.6) is 17.2 Å². The normalized spacial score (nSPS) is 26.1. The van der Waals surface area contributed by atoms with Crippen molar-refractivity contribution in [2.75, 3.05) is 6.61 Å². The van der Waals surface area contributed by atoms with Gasteiger partial charge in [0.1, 0.15) is 35.6 Å². The average Bonchev–Trinajstić information content (AvgIpc) is 2.61. The minimum atomic E-state index is -1.42. The molecule has 1 aliphatic rings. The molecule has 0 saturated carbocycles. The predicted octanol–water partition coefficient (Wildman–Crippen LogP) is 1.09. The van der Waals surface area contributed by atoms with Crippen molar-refractivity contribution in [3.05, 3.63) is 53.6 Å². The molecule has 0 amide bonds. The number of ether oxygens (including phenoxy) is 2. The molecule has 1 heterocycles. The van der Waals surface area contributed by atoms with E-state index in [4.69, 9.17) is 9.47 Å². The molecule has 0 unspecified atom stereocenters. The molecule has 2 aromatic carbocycles. The Morgan fingerprint density at radius 3 is 2.27 bits per heavy atom. The molecule has 0 aromatic heterocycles. The zero-order valence-electron chi connectivity index (χ0n) is 13.8. The number of phenols is 2. The van der Waals surface area contributed by atoms with Crippen LogP contribution in [0.2, 0.25) is 0 Å². The van der Waals surface area contributed by atoms with E-state index >= 15 is 0 Å². The van der Waals surface area contributed by atoms with E-state index in [0.717, 1.165) is 5.56 Å². The zero-order chi connectivity index (χ0) is 18.7. The Balaban J connectivity index is 1.74. The SMILES string of the molecule is Oc1ccc(/C=C/c2cc(O)cc(O[C@@H]3OC[C@@H](O)[C@H](O)[C@H]3O)c2)cc1. The van der Waals surface area contributed by atoms with Crippen molar-refractivity contribution in [3.63, 3.8) is 0 Å². The van der Waals surface area contributed by atoms with Crippen LogP contribution in [0, 0.1) is 0 Å². The third-order valence-electron chi connectivity index (χ3n) is 3.98. The van der Waals surface area contributed by atoms with Gasteiger partial charge in [-0.2, -0.15) is 0 Å². The van der Waals surface area contributed by atoms with Crippen LogP contribution in [0.15, 0.2) is 42.5 Å². The summed E-state index contributed by atoms with van der Waals surface area (Å²) in [5.41, 5.74) is 1.50. The number of hydrogen-bond donors (Lipinski definition) is 5. The maximum absolute atomic E-state index is 9.93. The van der Waals surface area contributed by atoms with E-state index < -0.39 is 24.6 Å². The van der Waals surface area contributed by atoms with Gasteiger partial charge in [-0.05, 0) is 35.4 Å². The Morgan fingerprint density at radius 2 is 1.54 bits per heavy atom. The van der Waals surface area contributed by atoms with Crippen LogP contribution in [0.3, 0.4) is 0 Å². The molecule has 0 bridgehead atoms. The smallest absolute Gasteiger partial charge is 0.228 e. The molecule has 26 heavy (non-hydrogen) atoms. The summed E-state index contributed by atoms with van der Waals surface area (Å²) in [6.45, 7) is -0.171. The molecule has 4 atom stereocenters. The van der Waals surface area contributed by atoms with E-state index in [0.29, 0.717) is 5.56 Å². The highest BCUT2D eigenvalue weighted by Gasteiger charge is 2.39. The molecular formula is C19H20O7. The Labute approximate surface area is 150 Å². The van der Waals surface area contributed by atoms with E-state index in [1.165, 1.54) is 12.1 Å². The van der Waals surface area contributed by atoms with E-state index in [-0.39, 0.29) is 23.9 Å². The highest BCUT2D eigenvalue weighted by Crippen LogP contribution is 2.27. The second-order valence-corrected chi connectivity index (χ2v) is 6.05. The first kappa shape index (κ1) is 18.2. The lowest BCUT2D eigenvalue weighted by atomic mass is 10.1. The van der Waals surface area contributed by atoms with Crippen LogP contribution in [0.1, 0.15) is 11.1 Å². The van der Waals surface area contributed by atoms with Gasteiger partial charge >= 0.3 is 0 Å². The second kappa shape index (κ2) is 7.76. The fourth-order valence-corrected chi connectivity index (χ4v) is 2.56. The Bertz CT molecular complexity index is 772. The molecule has 138 valence electrons. The number of phenolic OH excluding ortho intramolecular Hbond substituents is 2. The molecule has 0 aliphatic carbocycles. The van der Waals surface area contributed by atoms with Crippen molar-refractivity contribution in [1.29, 1.82) is 0 Å². The Morgan fingerprint density at radius 1 is 0.846 bits per heavy atom. The maximum atomic E-state index is 9.93. The summed E-state index contributed by atoms with van der Waals surface area (Å²) in [7, 11) is 0. The predicted molar refractivity (Wildman–Crippen MR) is 93.5 cm³/mol. The van der Waals surface area contributed by atoms with Gasteiger partial charge in [0.2, 0.25) is 6.29 Å². The number of rotatable bonds is 4. The number of benzene rings is 2. The van der Waals surface area contributed by atoms with E-state index in [2.05, 4.69) is 0 Å². The Kier molecular flexibility index (Phi) is 5.43. The van der Waals surface area contributed by atoms with Gasteiger partial charge in [-0.25, -0.2) is 0 Å². The number of aliphatic hydroxyl groups excluding tert-OH is 3. The summed E-state index contributed by atoms with van der Waals surface area (Å²) in [6, 6.07) is 11.1. The van der Waals surface area contributed by atoms with Crippen molar-refractivity contribution in [1.82, 2.24) is 0 Å². The van der Waals surface area contributed by atoms with Gasteiger partial charge in [0.15, 0.2) is 0 Å². The monoisotopic (exact) mass is 360 g/mol. The third-order valence-corrected chi connectivity index (χ3v) is 3.98. The third kappa shape index (κ3) is 4.33. The molecule has 0 spiro atoms. The number of aliphatic hydroxyl groups is 3. The lowest BCUT2D eigenvalue weighted by Crippen LogP contribution is -2.54. The van der Waals surface area contributed by atoms with E-state index in [9.17, 15) is 25.5 Å². The highest BCUT2D eigenvalue weighted by atomic mass is 16.7. The second-order valence-electron chi connectivity index (χ2n) is 6.05. The molecule has 3 rings (SSSR count). The summed E-state index contributed by atoms with van der Waals surface area (Å²) in [6.07, 6.45) is -1.60. The van der Waals surface area contributed by atoms with Gasteiger partial charge in [-0.3, -0.25) is 0 Å². The van der Waals surface area contributed by atoms with Crippen molar-refractivity contribution in [3.8, 4) is 17.2 Å². The molecule has 7 nitrogen and oxygen atoms in total. The minimum absolute atomic E-state index is 0.0428. The summed E-state index contributed by atoms with van der Waals surface area (Å²) in [4.78, 5) is 0. The van der Waals surface area contributed by atoms with Crippen LogP contribution < -0.4 is 4.74 Å². The lowest BCUT2D eigenvalue weighted by molar-refractivity contribution is -0.242. The highest BCUT2D eigenvalue weighted by molar-refractivity contribution is 5.71.